The lowest BCUT2D eigenvalue weighted by molar-refractivity contribution is -0.121. The van der Waals surface area contributed by atoms with Crippen LogP contribution in [-0.4, -0.2) is 60.5 Å². The number of amides is 1. The fourth-order valence-corrected chi connectivity index (χ4v) is 5.35. The largest absolute Gasteiger partial charge is 0.486 e. The van der Waals surface area contributed by atoms with Crippen LogP contribution in [0, 0.1) is 6.92 Å². The van der Waals surface area contributed by atoms with E-state index < -0.39 is 0 Å². The minimum absolute atomic E-state index is 0.123. The molecule has 5 rings (SSSR count). The van der Waals surface area contributed by atoms with Crippen molar-refractivity contribution in [1.82, 2.24) is 20.1 Å². The molecule has 0 saturated carbocycles. The number of benzene rings is 2. The predicted octanol–water partition coefficient (Wildman–Crippen LogP) is 2.43. The van der Waals surface area contributed by atoms with E-state index in [4.69, 9.17) is 4.74 Å². The van der Waals surface area contributed by atoms with E-state index in [1.165, 1.54) is 11.6 Å². The number of piperidine rings is 1. The van der Waals surface area contributed by atoms with Crippen LogP contribution < -0.4 is 20.9 Å². The zero-order valence-corrected chi connectivity index (χ0v) is 21.5. The van der Waals surface area contributed by atoms with Crippen molar-refractivity contribution in [3.8, 4) is 5.75 Å². The van der Waals surface area contributed by atoms with Crippen LogP contribution in [0.3, 0.4) is 0 Å². The highest BCUT2D eigenvalue weighted by Gasteiger charge is 2.21. The van der Waals surface area contributed by atoms with E-state index in [0.717, 1.165) is 66.8 Å². The van der Waals surface area contributed by atoms with Gasteiger partial charge in [0.1, 0.15) is 12.4 Å². The Morgan fingerprint density at radius 2 is 1.86 bits per heavy atom. The fourth-order valence-electron chi connectivity index (χ4n) is 5.35. The van der Waals surface area contributed by atoms with Gasteiger partial charge in [-0.2, -0.15) is 0 Å². The second-order valence-electron chi connectivity index (χ2n) is 10.1. The standard InChI is InChI=1S/C29H34N4O4/c1-19-3-5-24-25(29(36)30-2)16-28(35)33(26(24)13-19)12-11-32-9-7-22(8-10-32)31-17-20-4-6-27-21(14-20)15-23(34)18-37-27/h3-6,13-14,16,22,31H,7-12,15,17-18H2,1-2H3,(H,30,36). The first-order chi connectivity index (χ1) is 17.9. The normalized spacial score (nSPS) is 16.4. The number of ether oxygens (including phenoxy) is 1. The molecular formula is C29H34N4O4. The maximum Gasteiger partial charge on any atom is 0.251 e. The molecule has 0 unspecified atom stereocenters. The average molecular weight is 503 g/mol. The Kier molecular flexibility index (Phi) is 7.39. The monoisotopic (exact) mass is 502 g/mol. The van der Waals surface area contributed by atoms with Crippen molar-refractivity contribution in [1.29, 1.82) is 0 Å². The maximum atomic E-state index is 13.0. The van der Waals surface area contributed by atoms with Crippen molar-refractivity contribution in [2.45, 2.75) is 45.3 Å². The third-order valence-corrected chi connectivity index (χ3v) is 7.46. The van der Waals surface area contributed by atoms with Gasteiger partial charge in [0.05, 0.1) is 11.1 Å². The van der Waals surface area contributed by atoms with Crippen LogP contribution in [0.15, 0.2) is 47.3 Å². The Hall–Kier alpha value is -3.49. The summed E-state index contributed by atoms with van der Waals surface area (Å²) in [5.74, 6) is 0.699. The third-order valence-electron chi connectivity index (χ3n) is 7.46. The second-order valence-corrected chi connectivity index (χ2v) is 10.1. The number of hydrogen-bond donors (Lipinski definition) is 2. The first-order valence-electron chi connectivity index (χ1n) is 13.0. The molecule has 1 amide bonds. The summed E-state index contributed by atoms with van der Waals surface area (Å²) in [6, 6.07) is 13.9. The molecule has 1 fully saturated rings. The van der Waals surface area contributed by atoms with Crippen molar-refractivity contribution >= 4 is 22.6 Å². The van der Waals surface area contributed by atoms with Crippen molar-refractivity contribution in [2.24, 2.45) is 0 Å². The Bertz CT molecular complexity index is 1390. The van der Waals surface area contributed by atoms with E-state index in [9.17, 15) is 14.4 Å². The molecule has 0 atom stereocenters. The van der Waals surface area contributed by atoms with Gasteiger partial charge in [0.2, 0.25) is 0 Å². The lowest BCUT2D eigenvalue weighted by atomic mass is 10.0. The molecule has 1 aromatic heterocycles. The number of pyridine rings is 1. The molecule has 2 N–H and O–H groups in total. The number of aryl methyl sites for hydroxylation is 1. The summed E-state index contributed by atoms with van der Waals surface area (Å²) in [5.41, 5.74) is 4.28. The lowest BCUT2D eigenvalue weighted by Crippen LogP contribution is -2.43. The van der Waals surface area contributed by atoms with Gasteiger partial charge in [0.25, 0.3) is 11.5 Å². The van der Waals surface area contributed by atoms with Crippen molar-refractivity contribution in [3.63, 3.8) is 0 Å². The second kappa shape index (κ2) is 10.9. The molecule has 2 aromatic carbocycles. The number of carbonyl (C=O) groups is 2. The molecule has 1 saturated heterocycles. The number of hydrogen-bond acceptors (Lipinski definition) is 6. The summed E-state index contributed by atoms with van der Waals surface area (Å²) in [7, 11) is 1.58. The van der Waals surface area contributed by atoms with Gasteiger partial charge in [0, 0.05) is 56.2 Å². The summed E-state index contributed by atoms with van der Waals surface area (Å²) in [4.78, 5) is 39.4. The van der Waals surface area contributed by atoms with E-state index in [1.807, 2.05) is 31.2 Å². The van der Waals surface area contributed by atoms with Crippen LogP contribution >= 0.6 is 0 Å². The smallest absolute Gasteiger partial charge is 0.251 e. The molecule has 37 heavy (non-hydrogen) atoms. The Morgan fingerprint density at radius 3 is 2.65 bits per heavy atom. The van der Waals surface area contributed by atoms with Crippen molar-refractivity contribution in [3.05, 3.63) is 75.1 Å². The summed E-state index contributed by atoms with van der Waals surface area (Å²) in [6.45, 7) is 6.24. The quantitative estimate of drug-likeness (QED) is 0.516. The van der Waals surface area contributed by atoms with Crippen molar-refractivity contribution in [2.75, 3.05) is 33.3 Å². The predicted molar refractivity (Wildman–Crippen MR) is 143 cm³/mol. The molecule has 2 aliphatic rings. The van der Waals surface area contributed by atoms with E-state index in [-0.39, 0.29) is 23.9 Å². The van der Waals surface area contributed by atoms with Gasteiger partial charge in [-0.25, -0.2) is 0 Å². The number of Topliss-reactive ketones (excluding diaryl/α,β-unsaturated/α-hetero) is 1. The molecule has 8 heteroatoms. The van der Waals surface area contributed by atoms with E-state index >= 15 is 0 Å². The molecule has 8 nitrogen and oxygen atoms in total. The molecule has 0 bridgehead atoms. The van der Waals surface area contributed by atoms with Gasteiger partial charge in [-0.05, 0) is 56.1 Å². The zero-order valence-electron chi connectivity index (χ0n) is 21.5. The van der Waals surface area contributed by atoms with Gasteiger partial charge in [-0.1, -0.05) is 24.3 Å². The van der Waals surface area contributed by atoms with Crippen LogP contribution in [0.4, 0.5) is 0 Å². The van der Waals surface area contributed by atoms with Gasteiger partial charge < -0.3 is 24.8 Å². The van der Waals surface area contributed by atoms with Crippen molar-refractivity contribution < 1.29 is 14.3 Å². The molecule has 0 aliphatic carbocycles. The number of nitrogens with one attached hydrogen (secondary N) is 2. The molecule has 3 aromatic rings. The van der Waals surface area contributed by atoms with Crippen LogP contribution in [-0.2, 0) is 24.3 Å². The van der Waals surface area contributed by atoms with Gasteiger partial charge in [-0.3, -0.25) is 14.4 Å². The number of nitrogens with zero attached hydrogens (tertiary/aromatic N) is 2. The number of carbonyl (C=O) groups excluding carboxylic acids is 2. The summed E-state index contributed by atoms with van der Waals surface area (Å²) in [5, 5.41) is 7.10. The van der Waals surface area contributed by atoms with E-state index in [2.05, 4.69) is 27.7 Å². The number of fused-ring (bicyclic) bond motifs is 2. The maximum absolute atomic E-state index is 13.0. The molecule has 0 spiro atoms. The Morgan fingerprint density at radius 1 is 1.05 bits per heavy atom. The minimum atomic E-state index is -0.245. The highest BCUT2D eigenvalue weighted by Crippen LogP contribution is 2.25. The number of aromatic nitrogens is 1. The molecule has 3 heterocycles. The molecule has 194 valence electrons. The first kappa shape index (κ1) is 25.2. The molecule has 0 radical (unpaired) electrons. The van der Waals surface area contributed by atoms with Crippen LogP contribution in [0.5, 0.6) is 5.75 Å². The fraction of sp³-hybridized carbons (Fsp3) is 0.414. The average Bonchev–Trinajstić information content (AvgIpc) is 2.90. The summed E-state index contributed by atoms with van der Waals surface area (Å²) < 4.78 is 7.29. The summed E-state index contributed by atoms with van der Waals surface area (Å²) in [6.07, 6.45) is 2.53. The first-order valence-corrected chi connectivity index (χ1v) is 13.0. The lowest BCUT2D eigenvalue weighted by Gasteiger charge is -2.32. The highest BCUT2D eigenvalue weighted by atomic mass is 16.5. The zero-order chi connectivity index (χ0) is 25.9. The SMILES string of the molecule is CNC(=O)c1cc(=O)n(CCN2CCC(NCc3ccc4c(c3)CC(=O)CO4)CC2)c2cc(C)ccc12. The van der Waals surface area contributed by atoms with Gasteiger partial charge in [0.15, 0.2) is 5.78 Å². The van der Waals surface area contributed by atoms with Gasteiger partial charge >= 0.3 is 0 Å². The summed E-state index contributed by atoms with van der Waals surface area (Å²) >= 11 is 0. The van der Waals surface area contributed by atoms with Crippen LogP contribution in [0.2, 0.25) is 0 Å². The third kappa shape index (κ3) is 5.60. The molecular weight excluding hydrogens is 468 g/mol. The topological polar surface area (TPSA) is 92.7 Å². The minimum Gasteiger partial charge on any atom is -0.486 e. The number of rotatable bonds is 7. The van der Waals surface area contributed by atoms with E-state index in [1.54, 1.807) is 11.6 Å². The Balaban J connectivity index is 1.17. The highest BCUT2D eigenvalue weighted by molar-refractivity contribution is 6.06. The van der Waals surface area contributed by atoms with E-state index in [0.29, 0.717) is 24.6 Å². The van der Waals surface area contributed by atoms with Crippen LogP contribution in [0.25, 0.3) is 10.9 Å². The van der Waals surface area contributed by atoms with Crippen LogP contribution in [0.1, 0.15) is 39.9 Å². The number of likely N-dealkylation sites (tertiary alicyclic amines) is 1. The van der Waals surface area contributed by atoms with Gasteiger partial charge in [-0.15, -0.1) is 0 Å². The number of ketones is 1. The Labute approximate surface area is 216 Å². The molecule has 2 aliphatic heterocycles.